The van der Waals surface area contributed by atoms with Crippen LogP contribution in [-0.2, 0) is 22.6 Å². The van der Waals surface area contributed by atoms with Gasteiger partial charge in [0.2, 0.25) is 11.8 Å². The Morgan fingerprint density at radius 3 is 2.31 bits per heavy atom. The van der Waals surface area contributed by atoms with Crippen LogP contribution in [0, 0.1) is 5.92 Å². The van der Waals surface area contributed by atoms with Crippen LogP contribution in [-0.4, -0.2) is 55.0 Å². The molecule has 1 fully saturated rings. The van der Waals surface area contributed by atoms with E-state index in [9.17, 15) is 9.59 Å². The summed E-state index contributed by atoms with van der Waals surface area (Å²) in [6.45, 7) is 8.10. The fraction of sp³-hybridized carbons (Fsp3) is 0.517. The van der Waals surface area contributed by atoms with Gasteiger partial charge in [-0.1, -0.05) is 62.7 Å². The third-order valence-electron chi connectivity index (χ3n) is 6.48. The highest BCUT2D eigenvalue weighted by atomic mass is 16.5. The van der Waals surface area contributed by atoms with Gasteiger partial charge >= 0.3 is 0 Å². The van der Waals surface area contributed by atoms with Crippen LogP contribution in [0.4, 0.5) is 0 Å². The Morgan fingerprint density at radius 1 is 0.944 bits per heavy atom. The number of benzene rings is 2. The minimum absolute atomic E-state index is 0.179. The lowest BCUT2D eigenvalue weighted by molar-refractivity contribution is -0.129. The van der Waals surface area contributed by atoms with E-state index in [1.54, 1.807) is 0 Å². The molecule has 1 aliphatic heterocycles. The van der Waals surface area contributed by atoms with Crippen molar-refractivity contribution in [2.75, 3.05) is 26.2 Å². The average molecular weight is 495 g/mol. The molecule has 7 nitrogen and oxygen atoms in total. The van der Waals surface area contributed by atoms with Gasteiger partial charge < -0.3 is 26.0 Å². The standard InChI is InChI=1S/C29H42N4O3/c1-22(2)19-26(30)28(34)32-27(29(35)31-15-18-33-16-7-4-8-17-33)20-23-11-13-25(14-12-23)36-21-24-9-5-3-6-10-24/h3,5-6,9-14,22,26-27H,4,7-8,15-21,30H2,1-2H3,(H,31,35)(H,32,34). The Bertz CT molecular complexity index is 927. The lowest BCUT2D eigenvalue weighted by Crippen LogP contribution is -2.53. The highest BCUT2D eigenvalue weighted by Gasteiger charge is 2.24. The monoisotopic (exact) mass is 494 g/mol. The molecule has 4 N–H and O–H groups in total. The van der Waals surface area contributed by atoms with Crippen molar-refractivity contribution in [2.45, 2.75) is 64.6 Å². The highest BCUT2D eigenvalue weighted by Crippen LogP contribution is 2.16. The SMILES string of the molecule is CC(C)CC(N)C(=O)NC(Cc1ccc(OCc2ccccc2)cc1)C(=O)NCCN1CCCCC1. The smallest absolute Gasteiger partial charge is 0.242 e. The molecule has 2 aromatic rings. The van der Waals surface area contributed by atoms with Crippen LogP contribution >= 0.6 is 0 Å². The number of nitrogens with zero attached hydrogens (tertiary/aromatic N) is 1. The molecular formula is C29H42N4O3. The summed E-state index contributed by atoms with van der Waals surface area (Å²) in [6.07, 6.45) is 4.66. The summed E-state index contributed by atoms with van der Waals surface area (Å²) in [6, 6.07) is 16.4. The van der Waals surface area contributed by atoms with Gasteiger partial charge in [0.25, 0.3) is 0 Å². The molecule has 7 heteroatoms. The second-order valence-corrected chi connectivity index (χ2v) is 10.1. The van der Waals surface area contributed by atoms with Gasteiger partial charge in [-0.25, -0.2) is 0 Å². The maximum atomic E-state index is 13.1. The first kappa shape index (κ1) is 27.7. The fourth-order valence-corrected chi connectivity index (χ4v) is 4.44. The van der Waals surface area contributed by atoms with Gasteiger partial charge in [0.05, 0.1) is 6.04 Å². The van der Waals surface area contributed by atoms with E-state index in [1.165, 1.54) is 19.3 Å². The third kappa shape index (κ3) is 9.63. The summed E-state index contributed by atoms with van der Waals surface area (Å²) in [5, 5.41) is 5.92. The van der Waals surface area contributed by atoms with Crippen molar-refractivity contribution in [3.8, 4) is 5.75 Å². The van der Waals surface area contributed by atoms with Crippen LogP contribution in [0.5, 0.6) is 5.75 Å². The molecule has 3 rings (SSSR count). The van der Waals surface area contributed by atoms with Crippen LogP contribution in [0.2, 0.25) is 0 Å². The minimum atomic E-state index is -0.687. The van der Waals surface area contributed by atoms with Gasteiger partial charge in [-0.2, -0.15) is 0 Å². The summed E-state index contributed by atoms with van der Waals surface area (Å²) in [7, 11) is 0. The first-order valence-corrected chi connectivity index (χ1v) is 13.2. The predicted molar refractivity (Wildman–Crippen MR) is 144 cm³/mol. The van der Waals surface area contributed by atoms with Gasteiger partial charge in [-0.15, -0.1) is 0 Å². The molecule has 1 saturated heterocycles. The van der Waals surface area contributed by atoms with Gasteiger partial charge in [0, 0.05) is 19.5 Å². The van der Waals surface area contributed by atoms with E-state index in [4.69, 9.17) is 10.5 Å². The number of carbonyl (C=O) groups excluding carboxylic acids is 2. The van der Waals surface area contributed by atoms with Crippen LogP contribution < -0.4 is 21.1 Å². The summed E-state index contributed by atoms with van der Waals surface area (Å²) < 4.78 is 5.87. The van der Waals surface area contributed by atoms with E-state index in [2.05, 4.69) is 15.5 Å². The van der Waals surface area contributed by atoms with E-state index in [0.29, 0.717) is 31.9 Å². The third-order valence-corrected chi connectivity index (χ3v) is 6.48. The number of likely N-dealkylation sites (tertiary alicyclic amines) is 1. The van der Waals surface area contributed by atoms with Crippen molar-refractivity contribution < 1.29 is 14.3 Å². The van der Waals surface area contributed by atoms with Crippen molar-refractivity contribution >= 4 is 11.8 Å². The molecule has 0 saturated carbocycles. The van der Waals surface area contributed by atoms with Crippen molar-refractivity contribution in [2.24, 2.45) is 11.7 Å². The first-order valence-electron chi connectivity index (χ1n) is 13.2. The molecule has 1 heterocycles. The molecule has 2 amide bonds. The molecule has 196 valence electrons. The number of rotatable bonds is 13. The average Bonchev–Trinajstić information content (AvgIpc) is 2.88. The second-order valence-electron chi connectivity index (χ2n) is 10.1. The van der Waals surface area contributed by atoms with Crippen LogP contribution in [0.3, 0.4) is 0 Å². The Labute approximate surface area is 215 Å². The van der Waals surface area contributed by atoms with Gasteiger partial charge in [-0.3, -0.25) is 9.59 Å². The molecule has 0 spiro atoms. The van der Waals surface area contributed by atoms with E-state index in [1.807, 2.05) is 68.4 Å². The number of carbonyl (C=O) groups is 2. The molecule has 2 unspecified atom stereocenters. The Morgan fingerprint density at radius 2 is 1.64 bits per heavy atom. The topological polar surface area (TPSA) is 96.7 Å². The molecule has 0 radical (unpaired) electrons. The Kier molecular flexibility index (Phi) is 11.2. The van der Waals surface area contributed by atoms with E-state index in [0.717, 1.165) is 36.5 Å². The number of piperidine rings is 1. The first-order chi connectivity index (χ1) is 17.4. The van der Waals surface area contributed by atoms with E-state index in [-0.39, 0.29) is 11.8 Å². The largest absolute Gasteiger partial charge is 0.489 e. The number of nitrogens with two attached hydrogens (primary N) is 1. The lowest BCUT2D eigenvalue weighted by atomic mass is 10.0. The molecule has 2 aromatic carbocycles. The quantitative estimate of drug-likeness (QED) is 0.397. The second kappa shape index (κ2) is 14.6. The van der Waals surface area contributed by atoms with Crippen LogP contribution in [0.25, 0.3) is 0 Å². The lowest BCUT2D eigenvalue weighted by Gasteiger charge is -2.27. The Hall–Kier alpha value is -2.90. The van der Waals surface area contributed by atoms with Crippen molar-refractivity contribution in [3.63, 3.8) is 0 Å². The molecule has 0 bridgehead atoms. The van der Waals surface area contributed by atoms with Crippen LogP contribution in [0.1, 0.15) is 50.7 Å². The zero-order valence-electron chi connectivity index (χ0n) is 21.7. The number of nitrogens with one attached hydrogen (secondary N) is 2. The van der Waals surface area contributed by atoms with E-state index >= 15 is 0 Å². The van der Waals surface area contributed by atoms with Crippen molar-refractivity contribution in [3.05, 3.63) is 65.7 Å². The predicted octanol–water partition coefficient (Wildman–Crippen LogP) is 3.27. The van der Waals surface area contributed by atoms with Crippen molar-refractivity contribution in [1.82, 2.24) is 15.5 Å². The maximum Gasteiger partial charge on any atom is 0.242 e. The van der Waals surface area contributed by atoms with Gasteiger partial charge in [0.1, 0.15) is 18.4 Å². The highest BCUT2D eigenvalue weighted by molar-refractivity contribution is 5.89. The molecule has 0 aliphatic carbocycles. The van der Waals surface area contributed by atoms with Crippen molar-refractivity contribution in [1.29, 1.82) is 0 Å². The number of ether oxygens (including phenoxy) is 1. The summed E-state index contributed by atoms with van der Waals surface area (Å²) in [5.41, 5.74) is 8.13. The maximum absolute atomic E-state index is 13.1. The minimum Gasteiger partial charge on any atom is -0.489 e. The zero-order chi connectivity index (χ0) is 25.8. The number of hydrogen-bond acceptors (Lipinski definition) is 5. The zero-order valence-corrected chi connectivity index (χ0v) is 21.7. The number of amides is 2. The molecule has 0 aromatic heterocycles. The summed E-state index contributed by atoms with van der Waals surface area (Å²) in [5.74, 6) is 0.586. The summed E-state index contributed by atoms with van der Waals surface area (Å²) in [4.78, 5) is 28.2. The Balaban J connectivity index is 1.58. The fourth-order valence-electron chi connectivity index (χ4n) is 4.44. The van der Waals surface area contributed by atoms with Gasteiger partial charge in [-0.05, 0) is 61.5 Å². The molecular weight excluding hydrogens is 452 g/mol. The molecule has 2 atom stereocenters. The normalized spacial score (nSPS) is 15.8. The molecule has 1 aliphatic rings. The van der Waals surface area contributed by atoms with Gasteiger partial charge in [0.15, 0.2) is 0 Å². The molecule has 36 heavy (non-hydrogen) atoms. The number of hydrogen-bond donors (Lipinski definition) is 3. The summed E-state index contributed by atoms with van der Waals surface area (Å²) >= 11 is 0. The van der Waals surface area contributed by atoms with E-state index < -0.39 is 12.1 Å². The van der Waals surface area contributed by atoms with Crippen LogP contribution in [0.15, 0.2) is 54.6 Å².